The van der Waals surface area contributed by atoms with Crippen molar-refractivity contribution in [2.75, 3.05) is 13.2 Å². The first-order valence-electron chi connectivity index (χ1n) is 6.56. The van der Waals surface area contributed by atoms with Crippen molar-refractivity contribution in [3.63, 3.8) is 0 Å². The molecule has 0 aliphatic carbocycles. The Balaban J connectivity index is 2.48. The minimum Gasteiger partial charge on any atom is -0.481 e. The average molecular weight is 285 g/mol. The van der Waals surface area contributed by atoms with E-state index in [0.717, 1.165) is 12.0 Å². The maximum atomic E-state index is 11.3. The second-order valence-corrected chi connectivity index (χ2v) is 5.47. The van der Waals surface area contributed by atoms with Gasteiger partial charge in [-0.2, -0.15) is 0 Å². The highest BCUT2D eigenvalue weighted by Crippen LogP contribution is 2.23. The molecular weight excluding hydrogens is 264 g/mol. The molecule has 0 aliphatic heterocycles. The monoisotopic (exact) mass is 284 g/mol. The first-order chi connectivity index (χ1) is 9.00. The molecule has 0 fully saturated rings. The number of carbonyl (C=O) groups is 1. The standard InChI is InChI=1S/C15H21ClO3/c1-11(2)6-8-19-9-7-14(15(17)18)12-4-3-5-13(16)10-12/h3-5,10-11,14H,6-9H2,1-2H3,(H,17,18). The molecule has 1 unspecified atom stereocenters. The van der Waals surface area contributed by atoms with Crippen LogP contribution in [-0.4, -0.2) is 24.3 Å². The predicted octanol–water partition coefficient (Wildman–Crippen LogP) is 3.96. The summed E-state index contributed by atoms with van der Waals surface area (Å²) in [5.74, 6) is -0.796. The fourth-order valence-corrected chi connectivity index (χ4v) is 1.98. The van der Waals surface area contributed by atoms with Gasteiger partial charge in [0.05, 0.1) is 5.92 Å². The maximum Gasteiger partial charge on any atom is 0.311 e. The van der Waals surface area contributed by atoms with Gasteiger partial charge in [-0.25, -0.2) is 0 Å². The summed E-state index contributed by atoms with van der Waals surface area (Å²) in [6.45, 7) is 5.40. The number of hydrogen-bond donors (Lipinski definition) is 1. The fourth-order valence-electron chi connectivity index (χ4n) is 1.78. The Kier molecular flexibility index (Phi) is 6.89. The van der Waals surface area contributed by atoms with Gasteiger partial charge in [-0.3, -0.25) is 4.79 Å². The minimum absolute atomic E-state index is 0.455. The zero-order valence-corrected chi connectivity index (χ0v) is 12.2. The highest BCUT2D eigenvalue weighted by molar-refractivity contribution is 6.30. The summed E-state index contributed by atoms with van der Waals surface area (Å²) in [6.07, 6.45) is 1.46. The summed E-state index contributed by atoms with van der Waals surface area (Å²) >= 11 is 5.89. The van der Waals surface area contributed by atoms with Crippen LogP contribution < -0.4 is 0 Å². The van der Waals surface area contributed by atoms with Crippen LogP contribution in [0.1, 0.15) is 38.2 Å². The first-order valence-corrected chi connectivity index (χ1v) is 6.94. The van der Waals surface area contributed by atoms with Gasteiger partial charge in [0, 0.05) is 18.2 Å². The van der Waals surface area contributed by atoms with Crippen LogP contribution in [0.25, 0.3) is 0 Å². The topological polar surface area (TPSA) is 46.5 Å². The Hall–Kier alpha value is -1.06. The summed E-state index contributed by atoms with van der Waals surface area (Å²) in [5, 5.41) is 9.82. The van der Waals surface area contributed by atoms with Crippen molar-refractivity contribution >= 4 is 17.6 Å². The summed E-state index contributed by atoms with van der Waals surface area (Å²) in [6, 6.07) is 7.00. The van der Waals surface area contributed by atoms with Gasteiger partial charge in [-0.05, 0) is 36.5 Å². The molecule has 0 amide bonds. The Morgan fingerprint density at radius 1 is 1.32 bits per heavy atom. The quantitative estimate of drug-likeness (QED) is 0.735. The van der Waals surface area contributed by atoms with E-state index in [4.69, 9.17) is 16.3 Å². The lowest BCUT2D eigenvalue weighted by Crippen LogP contribution is -2.14. The molecule has 3 nitrogen and oxygen atoms in total. The van der Waals surface area contributed by atoms with Crippen LogP contribution in [0.15, 0.2) is 24.3 Å². The largest absolute Gasteiger partial charge is 0.481 e. The van der Waals surface area contributed by atoms with Gasteiger partial charge in [0.25, 0.3) is 0 Å². The molecule has 19 heavy (non-hydrogen) atoms. The van der Waals surface area contributed by atoms with Crippen LogP contribution >= 0.6 is 11.6 Å². The number of halogens is 1. The third kappa shape index (κ3) is 6.08. The second kappa shape index (κ2) is 8.18. The first kappa shape index (κ1) is 16.0. The molecular formula is C15H21ClO3. The van der Waals surface area contributed by atoms with Gasteiger partial charge in [0.15, 0.2) is 0 Å². The highest BCUT2D eigenvalue weighted by Gasteiger charge is 2.19. The highest BCUT2D eigenvalue weighted by atomic mass is 35.5. The Morgan fingerprint density at radius 3 is 2.58 bits per heavy atom. The van der Waals surface area contributed by atoms with Gasteiger partial charge in [0.1, 0.15) is 0 Å². The van der Waals surface area contributed by atoms with Gasteiger partial charge in [-0.15, -0.1) is 0 Å². The Bertz CT molecular complexity index is 404. The van der Waals surface area contributed by atoms with Gasteiger partial charge in [0.2, 0.25) is 0 Å². The molecule has 0 aromatic heterocycles. The molecule has 0 aliphatic rings. The van der Waals surface area contributed by atoms with Crippen LogP contribution in [0, 0.1) is 5.92 Å². The van der Waals surface area contributed by atoms with E-state index in [9.17, 15) is 9.90 Å². The van der Waals surface area contributed by atoms with Gasteiger partial charge >= 0.3 is 5.97 Å². The van der Waals surface area contributed by atoms with Crippen molar-refractivity contribution in [2.24, 2.45) is 5.92 Å². The summed E-state index contributed by atoms with van der Waals surface area (Å²) in [4.78, 5) is 11.3. The normalized spacial score (nSPS) is 12.6. The smallest absolute Gasteiger partial charge is 0.311 e. The zero-order chi connectivity index (χ0) is 14.3. The lowest BCUT2D eigenvalue weighted by Gasteiger charge is -2.13. The van der Waals surface area contributed by atoms with Crippen LogP contribution in [0.2, 0.25) is 5.02 Å². The Labute approximate surface area is 119 Å². The molecule has 0 saturated heterocycles. The third-order valence-corrected chi connectivity index (χ3v) is 3.17. The van der Waals surface area contributed by atoms with E-state index in [-0.39, 0.29) is 0 Å². The van der Waals surface area contributed by atoms with Crippen molar-refractivity contribution < 1.29 is 14.6 Å². The molecule has 4 heteroatoms. The number of rotatable bonds is 8. The number of carboxylic acids is 1. The van der Waals surface area contributed by atoms with E-state index in [1.807, 2.05) is 0 Å². The molecule has 1 atom stereocenters. The number of aliphatic carboxylic acids is 1. The molecule has 1 aromatic rings. The van der Waals surface area contributed by atoms with Crippen LogP contribution in [0.3, 0.4) is 0 Å². The molecule has 0 bridgehead atoms. The predicted molar refractivity (Wildman–Crippen MR) is 76.7 cm³/mol. The lowest BCUT2D eigenvalue weighted by atomic mass is 9.96. The van der Waals surface area contributed by atoms with E-state index in [2.05, 4.69) is 13.8 Å². The van der Waals surface area contributed by atoms with Gasteiger partial charge in [-0.1, -0.05) is 37.6 Å². The van der Waals surface area contributed by atoms with Crippen molar-refractivity contribution in [1.29, 1.82) is 0 Å². The van der Waals surface area contributed by atoms with Crippen LogP contribution in [-0.2, 0) is 9.53 Å². The molecule has 0 heterocycles. The van der Waals surface area contributed by atoms with Crippen LogP contribution in [0.5, 0.6) is 0 Å². The average Bonchev–Trinajstić information content (AvgIpc) is 2.32. The number of benzene rings is 1. The molecule has 1 N–H and O–H groups in total. The Morgan fingerprint density at radius 2 is 2.00 bits per heavy atom. The fraction of sp³-hybridized carbons (Fsp3) is 0.533. The minimum atomic E-state index is -0.838. The SMILES string of the molecule is CC(C)CCOCCC(C(=O)O)c1cccc(Cl)c1. The van der Waals surface area contributed by atoms with E-state index >= 15 is 0 Å². The van der Waals surface area contributed by atoms with Crippen molar-refractivity contribution in [3.8, 4) is 0 Å². The number of ether oxygens (including phenoxy) is 1. The molecule has 1 rings (SSSR count). The van der Waals surface area contributed by atoms with Crippen LogP contribution in [0.4, 0.5) is 0 Å². The molecule has 1 aromatic carbocycles. The molecule has 0 spiro atoms. The maximum absolute atomic E-state index is 11.3. The molecule has 106 valence electrons. The number of hydrogen-bond acceptors (Lipinski definition) is 2. The van der Waals surface area contributed by atoms with Crippen molar-refractivity contribution in [3.05, 3.63) is 34.9 Å². The van der Waals surface area contributed by atoms with Gasteiger partial charge < -0.3 is 9.84 Å². The lowest BCUT2D eigenvalue weighted by molar-refractivity contribution is -0.139. The molecule has 0 radical (unpaired) electrons. The van der Waals surface area contributed by atoms with E-state index in [1.165, 1.54) is 0 Å². The summed E-state index contributed by atoms with van der Waals surface area (Å²) in [5.41, 5.74) is 0.729. The molecule has 0 saturated carbocycles. The summed E-state index contributed by atoms with van der Waals surface area (Å²) in [7, 11) is 0. The third-order valence-electron chi connectivity index (χ3n) is 2.94. The van der Waals surface area contributed by atoms with E-state index in [1.54, 1.807) is 24.3 Å². The summed E-state index contributed by atoms with van der Waals surface area (Å²) < 4.78 is 5.48. The second-order valence-electron chi connectivity index (χ2n) is 5.03. The zero-order valence-electron chi connectivity index (χ0n) is 11.4. The van der Waals surface area contributed by atoms with E-state index in [0.29, 0.717) is 30.6 Å². The van der Waals surface area contributed by atoms with E-state index < -0.39 is 11.9 Å². The van der Waals surface area contributed by atoms with Crippen molar-refractivity contribution in [2.45, 2.75) is 32.6 Å². The van der Waals surface area contributed by atoms with Crippen molar-refractivity contribution in [1.82, 2.24) is 0 Å². The number of carboxylic acid groups (broad SMARTS) is 1.